The predicted octanol–water partition coefficient (Wildman–Crippen LogP) is 2.70. The molecule has 0 amide bonds. The van der Waals surface area contributed by atoms with Crippen LogP contribution in [0, 0.1) is 0 Å². The highest BCUT2D eigenvalue weighted by atomic mass is 32.2. The summed E-state index contributed by atoms with van der Waals surface area (Å²) in [5, 5.41) is 8.92. The summed E-state index contributed by atoms with van der Waals surface area (Å²) in [6.07, 6.45) is 0.715. The third kappa shape index (κ3) is 3.88. The molecule has 0 spiro atoms. The summed E-state index contributed by atoms with van der Waals surface area (Å²) in [5.74, 6) is 0. The molecular formula is C15H17NOS. The lowest BCUT2D eigenvalue weighted by atomic mass is 10.1. The smallest absolute Gasteiger partial charge is 0.0585 e. The minimum absolute atomic E-state index is 0.0283. The predicted molar refractivity (Wildman–Crippen MR) is 75.8 cm³/mol. The standard InChI is InChI=1S/C15H17NOS/c16-13(11-17)10-12-6-8-15(9-7-12)18-14-4-2-1-3-5-14/h1-9,13,17H,10-11,16H2/t13-/m0/s1. The van der Waals surface area contributed by atoms with Gasteiger partial charge in [-0.1, -0.05) is 42.1 Å². The van der Waals surface area contributed by atoms with Crippen LogP contribution in [0.4, 0.5) is 0 Å². The van der Waals surface area contributed by atoms with Crippen molar-refractivity contribution in [1.29, 1.82) is 0 Å². The molecule has 2 aromatic carbocycles. The SMILES string of the molecule is N[C@H](CO)Cc1ccc(Sc2ccccc2)cc1. The highest BCUT2D eigenvalue weighted by molar-refractivity contribution is 7.99. The Labute approximate surface area is 112 Å². The second-order valence-corrected chi connectivity index (χ2v) is 5.35. The van der Waals surface area contributed by atoms with Crippen molar-refractivity contribution in [3.05, 3.63) is 60.2 Å². The molecule has 3 heteroatoms. The average molecular weight is 259 g/mol. The van der Waals surface area contributed by atoms with Crippen molar-refractivity contribution >= 4 is 11.8 Å². The Kier molecular flexibility index (Phi) is 4.81. The number of benzene rings is 2. The normalized spacial score (nSPS) is 12.3. The van der Waals surface area contributed by atoms with Crippen LogP contribution in [0.5, 0.6) is 0 Å². The van der Waals surface area contributed by atoms with Crippen LogP contribution in [0.2, 0.25) is 0 Å². The lowest BCUT2D eigenvalue weighted by Crippen LogP contribution is -2.26. The second-order valence-electron chi connectivity index (χ2n) is 4.21. The molecule has 94 valence electrons. The fourth-order valence-electron chi connectivity index (χ4n) is 1.69. The Morgan fingerprint density at radius 1 is 0.944 bits per heavy atom. The van der Waals surface area contributed by atoms with Crippen LogP contribution < -0.4 is 5.73 Å². The third-order valence-electron chi connectivity index (χ3n) is 2.63. The molecule has 1 atom stereocenters. The molecule has 0 saturated heterocycles. The van der Waals surface area contributed by atoms with Gasteiger partial charge in [-0.3, -0.25) is 0 Å². The fraction of sp³-hybridized carbons (Fsp3) is 0.200. The van der Waals surface area contributed by atoms with Crippen molar-refractivity contribution in [1.82, 2.24) is 0 Å². The van der Waals surface area contributed by atoms with Crippen molar-refractivity contribution in [3.8, 4) is 0 Å². The van der Waals surface area contributed by atoms with Gasteiger partial charge in [0.25, 0.3) is 0 Å². The molecular weight excluding hydrogens is 242 g/mol. The topological polar surface area (TPSA) is 46.2 Å². The van der Waals surface area contributed by atoms with Gasteiger partial charge in [-0.2, -0.15) is 0 Å². The van der Waals surface area contributed by atoms with Crippen LogP contribution in [-0.4, -0.2) is 17.8 Å². The molecule has 0 radical (unpaired) electrons. The average Bonchev–Trinajstić information content (AvgIpc) is 2.42. The summed E-state index contributed by atoms with van der Waals surface area (Å²) < 4.78 is 0. The molecule has 0 aliphatic carbocycles. The van der Waals surface area contributed by atoms with E-state index in [1.54, 1.807) is 11.8 Å². The van der Waals surface area contributed by atoms with Crippen molar-refractivity contribution in [2.24, 2.45) is 5.73 Å². The molecule has 0 bridgehead atoms. The zero-order valence-corrected chi connectivity index (χ0v) is 10.9. The van der Waals surface area contributed by atoms with Gasteiger partial charge >= 0.3 is 0 Å². The molecule has 2 aromatic rings. The van der Waals surface area contributed by atoms with Crippen molar-refractivity contribution in [2.75, 3.05) is 6.61 Å². The van der Waals surface area contributed by atoms with E-state index in [1.165, 1.54) is 9.79 Å². The van der Waals surface area contributed by atoms with E-state index in [4.69, 9.17) is 10.8 Å². The number of hydrogen-bond donors (Lipinski definition) is 2. The van der Waals surface area contributed by atoms with Crippen molar-refractivity contribution < 1.29 is 5.11 Å². The first-order chi connectivity index (χ1) is 8.78. The summed E-state index contributed by atoms with van der Waals surface area (Å²) in [6.45, 7) is 0.0283. The van der Waals surface area contributed by atoms with E-state index in [9.17, 15) is 0 Å². The quantitative estimate of drug-likeness (QED) is 0.868. The summed E-state index contributed by atoms with van der Waals surface area (Å²) in [5.41, 5.74) is 6.87. The minimum atomic E-state index is -0.169. The highest BCUT2D eigenvalue weighted by Crippen LogP contribution is 2.27. The second kappa shape index (κ2) is 6.59. The maximum Gasteiger partial charge on any atom is 0.0585 e. The van der Waals surface area contributed by atoms with Gasteiger partial charge in [-0.15, -0.1) is 0 Å². The number of rotatable bonds is 5. The molecule has 2 nitrogen and oxygen atoms in total. The van der Waals surface area contributed by atoms with Gasteiger partial charge < -0.3 is 10.8 Å². The Balaban J connectivity index is 2.00. The van der Waals surface area contributed by atoms with Gasteiger partial charge in [-0.25, -0.2) is 0 Å². The molecule has 2 rings (SSSR count). The highest BCUT2D eigenvalue weighted by Gasteiger charge is 2.02. The van der Waals surface area contributed by atoms with E-state index in [2.05, 4.69) is 36.4 Å². The number of nitrogens with two attached hydrogens (primary N) is 1. The molecule has 0 heterocycles. The number of hydrogen-bond acceptors (Lipinski definition) is 3. The number of aliphatic hydroxyl groups is 1. The van der Waals surface area contributed by atoms with E-state index < -0.39 is 0 Å². The minimum Gasteiger partial charge on any atom is -0.395 e. The lowest BCUT2D eigenvalue weighted by molar-refractivity contribution is 0.265. The molecule has 0 fully saturated rings. The summed E-state index contributed by atoms with van der Waals surface area (Å²) in [7, 11) is 0. The van der Waals surface area contributed by atoms with E-state index in [1.807, 2.05) is 18.2 Å². The van der Waals surface area contributed by atoms with Gasteiger partial charge in [0.1, 0.15) is 0 Å². The molecule has 0 aliphatic heterocycles. The van der Waals surface area contributed by atoms with Crippen LogP contribution >= 0.6 is 11.8 Å². The van der Waals surface area contributed by atoms with Gasteiger partial charge in [0.2, 0.25) is 0 Å². The first kappa shape index (κ1) is 13.1. The maximum absolute atomic E-state index is 8.92. The molecule has 0 unspecified atom stereocenters. The van der Waals surface area contributed by atoms with Gasteiger partial charge in [0.15, 0.2) is 0 Å². The Morgan fingerprint density at radius 3 is 2.17 bits per heavy atom. The maximum atomic E-state index is 8.92. The first-order valence-corrected chi connectivity index (χ1v) is 6.78. The fourth-order valence-corrected chi connectivity index (χ4v) is 2.52. The van der Waals surface area contributed by atoms with Crippen LogP contribution in [0.1, 0.15) is 5.56 Å². The first-order valence-electron chi connectivity index (χ1n) is 5.96. The van der Waals surface area contributed by atoms with E-state index in [0.717, 1.165) is 5.56 Å². The largest absolute Gasteiger partial charge is 0.395 e. The van der Waals surface area contributed by atoms with Gasteiger partial charge in [0, 0.05) is 15.8 Å². The third-order valence-corrected chi connectivity index (χ3v) is 3.65. The Morgan fingerprint density at radius 2 is 1.56 bits per heavy atom. The molecule has 0 saturated carbocycles. The molecule has 3 N–H and O–H groups in total. The van der Waals surface area contributed by atoms with Gasteiger partial charge in [-0.05, 0) is 36.2 Å². The summed E-state index contributed by atoms with van der Waals surface area (Å²) >= 11 is 1.74. The lowest BCUT2D eigenvalue weighted by Gasteiger charge is -2.08. The van der Waals surface area contributed by atoms with Crippen LogP contribution in [0.3, 0.4) is 0 Å². The summed E-state index contributed by atoms with van der Waals surface area (Å²) in [6, 6.07) is 18.4. The van der Waals surface area contributed by atoms with E-state index >= 15 is 0 Å². The van der Waals surface area contributed by atoms with Crippen LogP contribution in [0.15, 0.2) is 64.4 Å². The van der Waals surface area contributed by atoms with E-state index in [-0.39, 0.29) is 12.6 Å². The molecule has 0 aromatic heterocycles. The molecule has 18 heavy (non-hydrogen) atoms. The Bertz CT molecular complexity index is 470. The van der Waals surface area contributed by atoms with Crippen molar-refractivity contribution in [3.63, 3.8) is 0 Å². The Hall–Kier alpha value is -1.29. The zero-order valence-electron chi connectivity index (χ0n) is 10.1. The van der Waals surface area contributed by atoms with E-state index in [0.29, 0.717) is 6.42 Å². The summed E-state index contributed by atoms with van der Waals surface area (Å²) in [4.78, 5) is 2.44. The zero-order chi connectivity index (χ0) is 12.8. The van der Waals surface area contributed by atoms with Gasteiger partial charge in [0.05, 0.1) is 6.61 Å². The van der Waals surface area contributed by atoms with Crippen LogP contribution in [0.25, 0.3) is 0 Å². The van der Waals surface area contributed by atoms with Crippen molar-refractivity contribution in [2.45, 2.75) is 22.3 Å². The van der Waals surface area contributed by atoms with Crippen LogP contribution in [-0.2, 0) is 6.42 Å². The monoisotopic (exact) mass is 259 g/mol. The number of aliphatic hydroxyl groups excluding tert-OH is 1. The molecule has 0 aliphatic rings.